The molecule has 4 aromatic rings. The van der Waals surface area contributed by atoms with Crippen molar-refractivity contribution in [3.8, 4) is 11.3 Å². The van der Waals surface area contributed by atoms with Crippen LogP contribution < -0.4 is 0 Å². The van der Waals surface area contributed by atoms with Gasteiger partial charge in [-0.3, -0.25) is 5.10 Å². The van der Waals surface area contributed by atoms with Gasteiger partial charge >= 0.3 is 0 Å². The lowest BCUT2D eigenvalue weighted by Crippen LogP contribution is -2.05. The van der Waals surface area contributed by atoms with E-state index < -0.39 is 15.7 Å². The average molecular weight is 376 g/mol. The van der Waals surface area contributed by atoms with Crippen molar-refractivity contribution in [3.63, 3.8) is 0 Å². The number of fused-ring (bicyclic) bond motifs is 2. The van der Waals surface area contributed by atoms with Crippen LogP contribution in [0.3, 0.4) is 0 Å². The van der Waals surface area contributed by atoms with Crippen LogP contribution in [0.25, 0.3) is 32.5 Å². The summed E-state index contributed by atoms with van der Waals surface area (Å²) in [6.07, 6.45) is 2.48. The number of aromatic nitrogens is 4. The zero-order valence-corrected chi connectivity index (χ0v) is 15.2. The summed E-state index contributed by atoms with van der Waals surface area (Å²) in [5.74, 6) is -0.781. The highest BCUT2D eigenvalue weighted by Gasteiger charge is 2.26. The molecular weight excluding hydrogens is 363 g/mol. The molecule has 128 valence electrons. The third-order valence-electron chi connectivity index (χ3n) is 4.03. The molecule has 0 aliphatic carbocycles. The van der Waals surface area contributed by atoms with Crippen LogP contribution in [0.2, 0.25) is 0 Å². The zero-order valence-electron chi connectivity index (χ0n) is 13.6. The van der Waals surface area contributed by atoms with Crippen LogP contribution in [-0.2, 0) is 9.84 Å². The normalized spacial score (nSPS) is 12.3. The molecule has 0 saturated carbocycles. The topological polar surface area (TPSA) is 88.6 Å². The monoisotopic (exact) mass is 376 g/mol. The van der Waals surface area contributed by atoms with Gasteiger partial charge in [0.25, 0.3) is 0 Å². The van der Waals surface area contributed by atoms with Gasteiger partial charge in [0.15, 0.2) is 9.84 Å². The molecule has 0 radical (unpaired) electrons. The van der Waals surface area contributed by atoms with Crippen molar-refractivity contribution in [3.05, 3.63) is 34.7 Å². The summed E-state index contributed by atoms with van der Waals surface area (Å²) in [5.41, 5.74) is 2.24. The maximum atomic E-state index is 14.9. The van der Waals surface area contributed by atoms with E-state index in [-0.39, 0.29) is 16.0 Å². The molecule has 3 heterocycles. The summed E-state index contributed by atoms with van der Waals surface area (Å²) in [7, 11) is -3.76. The van der Waals surface area contributed by atoms with Crippen molar-refractivity contribution in [2.24, 2.45) is 0 Å². The van der Waals surface area contributed by atoms with E-state index in [9.17, 15) is 12.8 Å². The minimum Gasteiger partial charge on any atom is -0.276 e. The SMILES string of the molecule is Cc1nc2ccc(-c3c(C)c(F)c(S(C)(=O)=O)c4[nH]ncc34)nc2s1. The second-order valence-electron chi connectivity index (χ2n) is 5.83. The third-order valence-corrected chi connectivity index (χ3v) is 6.03. The Morgan fingerprint density at radius 1 is 1.20 bits per heavy atom. The highest BCUT2D eigenvalue weighted by molar-refractivity contribution is 7.91. The molecule has 0 spiro atoms. The number of halogens is 1. The summed E-state index contributed by atoms with van der Waals surface area (Å²) in [6.45, 7) is 3.45. The van der Waals surface area contributed by atoms with Gasteiger partial charge in [0.2, 0.25) is 0 Å². The number of nitrogens with zero attached hydrogens (tertiary/aromatic N) is 3. The second kappa shape index (κ2) is 5.30. The van der Waals surface area contributed by atoms with Crippen LogP contribution in [0, 0.1) is 19.7 Å². The van der Waals surface area contributed by atoms with Gasteiger partial charge in [-0.05, 0) is 31.5 Å². The molecule has 1 N–H and O–H groups in total. The lowest BCUT2D eigenvalue weighted by Gasteiger charge is -2.12. The maximum absolute atomic E-state index is 14.9. The van der Waals surface area contributed by atoms with Crippen molar-refractivity contribution in [1.82, 2.24) is 20.2 Å². The molecular formula is C16H13FN4O2S2. The number of aryl methyl sites for hydroxylation is 1. The summed E-state index contributed by atoms with van der Waals surface area (Å²) in [6, 6.07) is 3.59. The Bertz CT molecular complexity index is 1260. The Balaban J connectivity index is 2.11. The minimum absolute atomic E-state index is 0.156. The van der Waals surface area contributed by atoms with E-state index in [0.717, 1.165) is 21.6 Å². The molecule has 25 heavy (non-hydrogen) atoms. The highest BCUT2D eigenvalue weighted by Crippen LogP contribution is 2.37. The Morgan fingerprint density at radius 2 is 1.96 bits per heavy atom. The van der Waals surface area contributed by atoms with E-state index in [4.69, 9.17) is 0 Å². The summed E-state index contributed by atoms with van der Waals surface area (Å²) >= 11 is 1.45. The molecule has 0 saturated heterocycles. The number of thiazole rings is 1. The summed E-state index contributed by atoms with van der Waals surface area (Å²) in [4.78, 5) is 9.34. The van der Waals surface area contributed by atoms with Gasteiger partial charge < -0.3 is 0 Å². The number of nitrogens with one attached hydrogen (secondary N) is 1. The van der Waals surface area contributed by atoms with Gasteiger partial charge in [-0.2, -0.15) is 5.10 Å². The van der Waals surface area contributed by atoms with Gasteiger partial charge in [-0.1, -0.05) is 11.3 Å². The number of pyridine rings is 1. The Kier molecular flexibility index (Phi) is 3.41. The third kappa shape index (κ3) is 2.42. The highest BCUT2D eigenvalue weighted by atomic mass is 32.2. The minimum atomic E-state index is -3.76. The molecule has 0 unspecified atom stereocenters. The van der Waals surface area contributed by atoms with Crippen LogP contribution >= 0.6 is 11.3 Å². The van der Waals surface area contributed by atoms with Crippen LogP contribution in [0.5, 0.6) is 0 Å². The quantitative estimate of drug-likeness (QED) is 0.579. The van der Waals surface area contributed by atoms with Crippen LogP contribution in [0.15, 0.2) is 23.2 Å². The van der Waals surface area contributed by atoms with Crippen molar-refractivity contribution in [2.75, 3.05) is 6.26 Å². The van der Waals surface area contributed by atoms with Gasteiger partial charge in [-0.15, -0.1) is 0 Å². The van der Waals surface area contributed by atoms with E-state index >= 15 is 0 Å². The van der Waals surface area contributed by atoms with E-state index in [1.807, 2.05) is 13.0 Å². The van der Waals surface area contributed by atoms with Gasteiger partial charge in [0.1, 0.15) is 21.1 Å². The van der Waals surface area contributed by atoms with Crippen molar-refractivity contribution < 1.29 is 12.8 Å². The first-order valence-corrected chi connectivity index (χ1v) is 10.1. The predicted octanol–water partition coefficient (Wildman–Crippen LogP) is 3.39. The number of H-pyrrole nitrogens is 1. The molecule has 1 aromatic carbocycles. The fourth-order valence-corrected chi connectivity index (χ4v) is 4.77. The van der Waals surface area contributed by atoms with E-state index in [0.29, 0.717) is 16.6 Å². The van der Waals surface area contributed by atoms with Crippen molar-refractivity contribution >= 4 is 42.4 Å². The molecule has 6 nitrogen and oxygen atoms in total. The Morgan fingerprint density at radius 3 is 2.68 bits per heavy atom. The first-order valence-electron chi connectivity index (χ1n) is 7.37. The van der Waals surface area contributed by atoms with Crippen LogP contribution in [0.1, 0.15) is 10.6 Å². The summed E-state index contributed by atoms with van der Waals surface area (Å²) in [5, 5.41) is 7.94. The van der Waals surface area contributed by atoms with Crippen molar-refractivity contribution in [2.45, 2.75) is 18.7 Å². The molecule has 0 amide bonds. The van der Waals surface area contributed by atoms with Gasteiger partial charge in [0, 0.05) is 17.2 Å². The fourth-order valence-electron chi connectivity index (χ4n) is 2.98. The first-order chi connectivity index (χ1) is 11.8. The number of aromatic amines is 1. The molecule has 0 aliphatic heterocycles. The second-order valence-corrected chi connectivity index (χ2v) is 8.96. The average Bonchev–Trinajstić information content (AvgIpc) is 3.11. The van der Waals surface area contributed by atoms with Crippen LogP contribution in [0.4, 0.5) is 4.39 Å². The Hall–Kier alpha value is -2.39. The lowest BCUT2D eigenvalue weighted by atomic mass is 10.00. The molecule has 0 atom stereocenters. The standard InChI is InChI=1S/C16H13FN4O2S2/c1-7-12(10-4-5-11-16(20-10)24-8(2)19-11)9-6-18-21-14(9)15(13(7)17)25(3,22)23/h4-6H,1-3H3,(H,18,21). The van der Waals surface area contributed by atoms with Gasteiger partial charge in [0.05, 0.1) is 22.4 Å². The largest absolute Gasteiger partial charge is 0.276 e. The van der Waals surface area contributed by atoms with Crippen LogP contribution in [-0.4, -0.2) is 34.8 Å². The number of benzene rings is 1. The maximum Gasteiger partial charge on any atom is 0.180 e. The molecule has 4 rings (SSSR count). The van der Waals surface area contributed by atoms with E-state index in [2.05, 4.69) is 20.2 Å². The van der Waals surface area contributed by atoms with E-state index in [1.165, 1.54) is 17.5 Å². The number of hydrogen-bond acceptors (Lipinski definition) is 6. The summed E-state index contributed by atoms with van der Waals surface area (Å²) < 4.78 is 39.0. The zero-order chi connectivity index (χ0) is 17.9. The Labute approximate surface area is 146 Å². The molecule has 0 bridgehead atoms. The number of rotatable bonds is 2. The molecule has 3 aromatic heterocycles. The molecule has 0 aliphatic rings. The predicted molar refractivity (Wildman–Crippen MR) is 95.0 cm³/mol. The van der Waals surface area contributed by atoms with Gasteiger partial charge in [-0.25, -0.2) is 22.8 Å². The number of hydrogen-bond donors (Lipinski definition) is 1. The smallest absolute Gasteiger partial charge is 0.180 e. The number of sulfone groups is 1. The first kappa shape index (κ1) is 16.1. The van der Waals surface area contributed by atoms with Crippen molar-refractivity contribution in [1.29, 1.82) is 0 Å². The molecule has 0 fully saturated rings. The van der Waals surface area contributed by atoms with E-state index in [1.54, 1.807) is 13.0 Å². The lowest BCUT2D eigenvalue weighted by molar-refractivity contribution is 0.569. The molecule has 9 heteroatoms. The fraction of sp³-hybridized carbons (Fsp3) is 0.188.